The number of para-hydroxylation sites is 1. The molecule has 2 saturated heterocycles. The number of rotatable bonds is 6. The first-order chi connectivity index (χ1) is 15.5. The molecule has 3 amide bonds. The van der Waals surface area contributed by atoms with Gasteiger partial charge >= 0.3 is 0 Å². The lowest BCUT2D eigenvalue weighted by molar-refractivity contribution is -0.136. The summed E-state index contributed by atoms with van der Waals surface area (Å²) >= 11 is 7.04. The first kappa shape index (κ1) is 22.4. The lowest BCUT2D eigenvalue weighted by Crippen LogP contribution is -2.44. The molecule has 2 aliphatic heterocycles. The molecule has 0 atom stereocenters. The normalized spacial score (nSPS) is 17.8. The largest absolute Gasteiger partial charge is 0.488 e. The molecule has 0 N–H and O–H groups in total. The van der Waals surface area contributed by atoms with E-state index in [-0.39, 0.29) is 24.0 Å². The number of piperidine rings is 1. The van der Waals surface area contributed by atoms with Crippen molar-refractivity contribution in [2.24, 2.45) is 0 Å². The van der Waals surface area contributed by atoms with Gasteiger partial charge in [-0.1, -0.05) is 48.0 Å². The van der Waals surface area contributed by atoms with Crippen molar-refractivity contribution in [3.63, 3.8) is 0 Å². The minimum atomic E-state index is -0.453. The topological polar surface area (TPSA) is 66.9 Å². The van der Waals surface area contributed by atoms with Crippen LogP contribution in [0.4, 0.5) is 4.79 Å². The van der Waals surface area contributed by atoms with Crippen molar-refractivity contribution in [2.75, 3.05) is 19.6 Å². The zero-order chi connectivity index (χ0) is 22.5. The van der Waals surface area contributed by atoms with E-state index in [2.05, 4.69) is 0 Å². The number of halogens is 1. The average Bonchev–Trinajstić information content (AvgIpc) is 3.07. The smallest absolute Gasteiger partial charge is 0.294 e. The molecule has 0 spiro atoms. The van der Waals surface area contributed by atoms with E-state index >= 15 is 0 Å². The molecule has 166 valence electrons. The molecule has 0 saturated carbocycles. The maximum atomic E-state index is 12.9. The maximum absolute atomic E-state index is 12.9. The number of imide groups is 1. The highest BCUT2D eigenvalue weighted by atomic mass is 35.5. The molecule has 0 unspecified atom stereocenters. The standard InChI is InChI=1S/C24H23ClN2O4S/c25-19-10-4-2-9-18(19)16-31-20-11-5-3-8-17(20)14-21-23(29)27(24(30)32-21)15-22(28)26-12-6-1-7-13-26/h2-5,8-11,14H,1,6-7,12-13,15-16H2/b21-14+. The van der Waals surface area contributed by atoms with Crippen LogP contribution in [0.1, 0.15) is 30.4 Å². The maximum Gasteiger partial charge on any atom is 0.294 e. The average molecular weight is 471 g/mol. The third kappa shape index (κ3) is 5.16. The van der Waals surface area contributed by atoms with Crippen LogP contribution in [-0.2, 0) is 16.2 Å². The number of carbonyl (C=O) groups is 3. The summed E-state index contributed by atoms with van der Waals surface area (Å²) in [7, 11) is 0. The number of ether oxygens (including phenoxy) is 1. The Bertz CT molecular complexity index is 1070. The molecule has 0 bridgehead atoms. The zero-order valence-corrected chi connectivity index (χ0v) is 19.0. The molecule has 2 aliphatic rings. The molecule has 32 heavy (non-hydrogen) atoms. The molecule has 2 fully saturated rings. The summed E-state index contributed by atoms with van der Waals surface area (Å²) in [5, 5.41) is 0.186. The molecule has 2 aromatic carbocycles. The number of hydrogen-bond donors (Lipinski definition) is 0. The van der Waals surface area contributed by atoms with E-state index in [1.807, 2.05) is 36.4 Å². The van der Waals surface area contributed by atoms with Gasteiger partial charge in [0.1, 0.15) is 18.9 Å². The number of likely N-dealkylation sites (tertiary alicyclic amines) is 1. The number of amides is 3. The van der Waals surface area contributed by atoms with E-state index in [4.69, 9.17) is 16.3 Å². The van der Waals surface area contributed by atoms with Gasteiger partial charge in [0.2, 0.25) is 5.91 Å². The van der Waals surface area contributed by atoms with Crippen LogP contribution in [0, 0.1) is 0 Å². The monoisotopic (exact) mass is 470 g/mol. The van der Waals surface area contributed by atoms with Gasteiger partial charge < -0.3 is 9.64 Å². The summed E-state index contributed by atoms with van der Waals surface area (Å²) in [5.41, 5.74) is 1.52. The predicted molar refractivity (Wildman–Crippen MR) is 125 cm³/mol. The van der Waals surface area contributed by atoms with Gasteiger partial charge in [0.25, 0.3) is 11.1 Å². The Balaban J connectivity index is 1.47. The number of hydrogen-bond acceptors (Lipinski definition) is 5. The first-order valence-corrected chi connectivity index (χ1v) is 11.7. The van der Waals surface area contributed by atoms with Gasteiger partial charge in [-0.15, -0.1) is 0 Å². The second-order valence-corrected chi connectivity index (χ2v) is 9.03. The van der Waals surface area contributed by atoms with Crippen molar-refractivity contribution in [1.29, 1.82) is 0 Å². The van der Waals surface area contributed by atoms with Crippen molar-refractivity contribution >= 4 is 46.5 Å². The van der Waals surface area contributed by atoms with Crippen LogP contribution in [0.2, 0.25) is 5.02 Å². The van der Waals surface area contributed by atoms with Crippen LogP contribution >= 0.6 is 23.4 Å². The highest BCUT2D eigenvalue weighted by Gasteiger charge is 2.37. The SMILES string of the molecule is O=C(CN1C(=O)S/C(=C/c2ccccc2OCc2ccccc2Cl)C1=O)N1CCCCC1. The fraction of sp³-hybridized carbons (Fsp3) is 0.292. The van der Waals surface area contributed by atoms with Crippen LogP contribution in [0.15, 0.2) is 53.4 Å². The van der Waals surface area contributed by atoms with E-state index in [1.165, 1.54) is 0 Å². The fourth-order valence-corrected chi connectivity index (χ4v) is 4.68. The summed E-state index contributed by atoms with van der Waals surface area (Å²) < 4.78 is 5.94. The number of nitrogens with zero attached hydrogens (tertiary/aromatic N) is 2. The van der Waals surface area contributed by atoms with E-state index < -0.39 is 11.1 Å². The minimum Gasteiger partial charge on any atom is -0.488 e. The molecule has 0 radical (unpaired) electrons. The molecule has 4 rings (SSSR count). The Kier molecular flexibility index (Phi) is 7.17. The molecule has 0 aliphatic carbocycles. The summed E-state index contributed by atoms with van der Waals surface area (Å²) in [6.07, 6.45) is 4.65. The first-order valence-electron chi connectivity index (χ1n) is 10.5. The summed E-state index contributed by atoms with van der Waals surface area (Å²) in [6, 6.07) is 14.7. The predicted octanol–water partition coefficient (Wildman–Crippen LogP) is 4.97. The fourth-order valence-electron chi connectivity index (χ4n) is 3.66. The number of benzene rings is 2. The van der Waals surface area contributed by atoms with Crippen molar-refractivity contribution in [2.45, 2.75) is 25.9 Å². The Labute approximate surface area is 196 Å². The molecule has 6 nitrogen and oxygen atoms in total. The van der Waals surface area contributed by atoms with Crippen LogP contribution < -0.4 is 4.74 Å². The van der Waals surface area contributed by atoms with Gasteiger partial charge in [-0.2, -0.15) is 0 Å². The third-order valence-corrected chi connectivity index (χ3v) is 6.70. The quantitative estimate of drug-likeness (QED) is 0.558. The van der Waals surface area contributed by atoms with Crippen molar-refractivity contribution in [3.8, 4) is 5.75 Å². The summed E-state index contributed by atoms with van der Waals surface area (Å²) in [4.78, 5) is 40.9. The lowest BCUT2D eigenvalue weighted by atomic mass is 10.1. The molecular weight excluding hydrogens is 448 g/mol. The molecule has 0 aromatic heterocycles. The minimum absolute atomic E-state index is 0.184. The summed E-state index contributed by atoms with van der Waals surface area (Å²) in [5.74, 6) is -0.0633. The molecule has 2 aromatic rings. The second-order valence-electron chi connectivity index (χ2n) is 7.63. The summed E-state index contributed by atoms with van der Waals surface area (Å²) in [6.45, 7) is 1.42. The van der Waals surface area contributed by atoms with Crippen LogP contribution in [0.5, 0.6) is 5.75 Å². The van der Waals surface area contributed by atoms with Crippen molar-refractivity contribution in [3.05, 3.63) is 69.6 Å². The highest BCUT2D eigenvalue weighted by Crippen LogP contribution is 2.34. The van der Waals surface area contributed by atoms with Crippen molar-refractivity contribution in [1.82, 2.24) is 9.80 Å². The van der Waals surface area contributed by atoms with Crippen LogP contribution in [-0.4, -0.2) is 46.5 Å². The molecular formula is C24H23ClN2O4S. The third-order valence-electron chi connectivity index (χ3n) is 5.42. The Morgan fingerprint density at radius 3 is 2.53 bits per heavy atom. The van der Waals surface area contributed by atoms with Gasteiger partial charge in [0.05, 0.1) is 4.91 Å². The highest BCUT2D eigenvalue weighted by molar-refractivity contribution is 8.18. The molecule has 8 heteroatoms. The van der Waals surface area contributed by atoms with Gasteiger partial charge in [-0.05, 0) is 49.2 Å². The Morgan fingerprint density at radius 2 is 1.75 bits per heavy atom. The lowest BCUT2D eigenvalue weighted by Gasteiger charge is -2.27. The number of carbonyl (C=O) groups excluding carboxylic acids is 3. The Hall–Kier alpha value is -2.77. The van der Waals surface area contributed by atoms with Gasteiger partial charge in [-0.25, -0.2) is 0 Å². The number of thioether (sulfide) groups is 1. The molecule has 2 heterocycles. The Morgan fingerprint density at radius 1 is 1.03 bits per heavy atom. The van der Waals surface area contributed by atoms with E-state index in [0.29, 0.717) is 29.4 Å². The van der Waals surface area contributed by atoms with E-state index in [1.54, 1.807) is 23.1 Å². The van der Waals surface area contributed by atoms with Crippen LogP contribution in [0.25, 0.3) is 6.08 Å². The zero-order valence-electron chi connectivity index (χ0n) is 17.5. The van der Waals surface area contributed by atoms with Gasteiger partial charge in [0.15, 0.2) is 0 Å². The van der Waals surface area contributed by atoms with E-state index in [9.17, 15) is 14.4 Å². The van der Waals surface area contributed by atoms with Crippen molar-refractivity contribution < 1.29 is 19.1 Å². The second kappa shape index (κ2) is 10.2. The van der Waals surface area contributed by atoms with Crippen LogP contribution in [0.3, 0.4) is 0 Å². The van der Waals surface area contributed by atoms with E-state index in [0.717, 1.165) is 41.5 Å². The van der Waals surface area contributed by atoms with Gasteiger partial charge in [-0.3, -0.25) is 19.3 Å². The van der Waals surface area contributed by atoms with Gasteiger partial charge in [0, 0.05) is 29.2 Å².